The summed E-state index contributed by atoms with van der Waals surface area (Å²) in [5.74, 6) is -1.80. The molecule has 0 fully saturated rings. The van der Waals surface area contributed by atoms with E-state index in [4.69, 9.17) is 4.74 Å². The van der Waals surface area contributed by atoms with Crippen LogP contribution in [0.15, 0.2) is 48.5 Å². The fourth-order valence-electron chi connectivity index (χ4n) is 2.89. The van der Waals surface area contributed by atoms with Gasteiger partial charge in [0.05, 0.1) is 17.1 Å². The van der Waals surface area contributed by atoms with Crippen molar-refractivity contribution in [3.05, 3.63) is 71.3 Å². The Hall–Kier alpha value is -3.82. The van der Waals surface area contributed by atoms with Crippen LogP contribution in [0.25, 0.3) is 5.69 Å². The van der Waals surface area contributed by atoms with E-state index >= 15 is 0 Å². The molecular formula is C21H18F3N3O4. The first-order valence-electron chi connectivity index (χ1n) is 9.08. The van der Waals surface area contributed by atoms with Gasteiger partial charge in [-0.05, 0) is 62.4 Å². The van der Waals surface area contributed by atoms with E-state index in [9.17, 15) is 22.8 Å². The molecule has 0 unspecified atom stereocenters. The van der Waals surface area contributed by atoms with Gasteiger partial charge in [-0.2, -0.15) is 13.9 Å². The largest absolute Gasteiger partial charge is 0.452 e. The van der Waals surface area contributed by atoms with E-state index in [0.29, 0.717) is 22.8 Å². The molecule has 1 N–H and O–H groups in total. The molecule has 2 aromatic carbocycles. The molecule has 1 aromatic heterocycles. The van der Waals surface area contributed by atoms with Gasteiger partial charge < -0.3 is 14.8 Å². The molecule has 0 aliphatic rings. The van der Waals surface area contributed by atoms with Gasteiger partial charge in [0.15, 0.2) is 6.61 Å². The van der Waals surface area contributed by atoms with E-state index in [1.165, 1.54) is 53.2 Å². The summed E-state index contributed by atoms with van der Waals surface area (Å²) in [6.07, 6.45) is 0. The molecule has 0 bridgehead atoms. The van der Waals surface area contributed by atoms with Crippen molar-refractivity contribution in [1.29, 1.82) is 0 Å². The zero-order chi connectivity index (χ0) is 22.5. The van der Waals surface area contributed by atoms with Gasteiger partial charge in [-0.15, -0.1) is 0 Å². The van der Waals surface area contributed by atoms with E-state index < -0.39 is 30.9 Å². The molecule has 0 atom stereocenters. The third-order valence-electron chi connectivity index (χ3n) is 4.26. The number of hydrogen-bond donors (Lipinski definition) is 1. The Morgan fingerprint density at radius 3 is 2.32 bits per heavy atom. The Labute approximate surface area is 175 Å². The van der Waals surface area contributed by atoms with Crippen LogP contribution < -0.4 is 10.1 Å². The molecule has 3 aromatic rings. The summed E-state index contributed by atoms with van der Waals surface area (Å²) in [5, 5.41) is 6.76. The predicted octanol–water partition coefficient (Wildman–Crippen LogP) is 4.03. The number of ether oxygens (including phenoxy) is 2. The zero-order valence-corrected chi connectivity index (χ0v) is 16.6. The van der Waals surface area contributed by atoms with Gasteiger partial charge in [-0.1, -0.05) is 0 Å². The number of carbonyl (C=O) groups is 2. The predicted molar refractivity (Wildman–Crippen MR) is 105 cm³/mol. The number of rotatable bonds is 7. The SMILES string of the molecule is Cc1nn(-c2ccc(F)cc2)c(C)c1C(=O)OCC(=O)Nc1ccc(OC(F)F)cc1. The molecule has 0 aliphatic carbocycles. The number of aromatic nitrogens is 2. The molecule has 162 valence electrons. The second kappa shape index (κ2) is 9.33. The second-order valence-electron chi connectivity index (χ2n) is 6.46. The number of benzene rings is 2. The van der Waals surface area contributed by atoms with Crippen LogP contribution in [-0.2, 0) is 9.53 Å². The monoisotopic (exact) mass is 433 g/mol. The number of anilines is 1. The molecule has 0 saturated carbocycles. The third-order valence-corrected chi connectivity index (χ3v) is 4.26. The minimum atomic E-state index is -2.95. The van der Waals surface area contributed by atoms with Crippen LogP contribution in [0.1, 0.15) is 21.7 Å². The summed E-state index contributed by atoms with van der Waals surface area (Å²) in [6, 6.07) is 10.9. The minimum Gasteiger partial charge on any atom is -0.452 e. The number of nitrogens with one attached hydrogen (secondary N) is 1. The van der Waals surface area contributed by atoms with Crippen LogP contribution in [-0.4, -0.2) is 34.9 Å². The maximum atomic E-state index is 13.1. The number of nitrogens with zero attached hydrogens (tertiary/aromatic N) is 2. The van der Waals surface area contributed by atoms with Crippen LogP contribution in [0.2, 0.25) is 0 Å². The summed E-state index contributed by atoms with van der Waals surface area (Å²) in [7, 11) is 0. The van der Waals surface area contributed by atoms with E-state index in [1.807, 2.05) is 0 Å². The van der Waals surface area contributed by atoms with Gasteiger partial charge in [0, 0.05) is 5.69 Å². The molecular weight excluding hydrogens is 415 g/mol. The van der Waals surface area contributed by atoms with E-state index in [2.05, 4.69) is 15.2 Å². The van der Waals surface area contributed by atoms with Crippen molar-refractivity contribution in [2.75, 3.05) is 11.9 Å². The van der Waals surface area contributed by atoms with Crippen molar-refractivity contribution in [2.45, 2.75) is 20.5 Å². The maximum Gasteiger partial charge on any atom is 0.387 e. The lowest BCUT2D eigenvalue weighted by Crippen LogP contribution is -2.21. The summed E-state index contributed by atoms with van der Waals surface area (Å²) in [5.41, 5.74) is 1.95. The Bertz CT molecular complexity index is 1080. The molecule has 10 heteroatoms. The fourth-order valence-corrected chi connectivity index (χ4v) is 2.89. The lowest BCUT2D eigenvalue weighted by atomic mass is 10.2. The lowest BCUT2D eigenvalue weighted by molar-refractivity contribution is -0.119. The summed E-state index contributed by atoms with van der Waals surface area (Å²) in [6.45, 7) is -0.232. The Kier molecular flexibility index (Phi) is 6.58. The van der Waals surface area contributed by atoms with Gasteiger partial charge in [-0.3, -0.25) is 4.79 Å². The van der Waals surface area contributed by atoms with E-state index in [1.54, 1.807) is 13.8 Å². The third kappa shape index (κ3) is 5.41. The van der Waals surface area contributed by atoms with Crippen LogP contribution >= 0.6 is 0 Å². The number of amides is 1. The number of alkyl halides is 2. The number of aryl methyl sites for hydroxylation is 1. The Morgan fingerprint density at radius 2 is 1.71 bits per heavy atom. The number of carbonyl (C=O) groups excluding carboxylic acids is 2. The van der Waals surface area contributed by atoms with Gasteiger partial charge in [-0.25, -0.2) is 13.9 Å². The van der Waals surface area contributed by atoms with Crippen LogP contribution in [0, 0.1) is 19.7 Å². The maximum absolute atomic E-state index is 13.1. The van der Waals surface area contributed by atoms with Crippen molar-refractivity contribution in [3.8, 4) is 11.4 Å². The second-order valence-corrected chi connectivity index (χ2v) is 6.46. The number of esters is 1. The Balaban J connectivity index is 1.61. The normalized spacial score (nSPS) is 10.8. The first kappa shape index (κ1) is 21.9. The van der Waals surface area contributed by atoms with Crippen molar-refractivity contribution >= 4 is 17.6 Å². The first-order valence-corrected chi connectivity index (χ1v) is 9.08. The minimum absolute atomic E-state index is 0.0523. The molecule has 0 spiro atoms. The van der Waals surface area contributed by atoms with Crippen LogP contribution in [0.3, 0.4) is 0 Å². The topological polar surface area (TPSA) is 82.5 Å². The smallest absolute Gasteiger partial charge is 0.387 e. The van der Waals surface area contributed by atoms with Gasteiger partial charge in [0.2, 0.25) is 0 Å². The molecule has 3 rings (SSSR count). The molecule has 0 radical (unpaired) electrons. The van der Waals surface area contributed by atoms with Crippen LogP contribution in [0.5, 0.6) is 5.75 Å². The zero-order valence-electron chi connectivity index (χ0n) is 16.6. The average Bonchev–Trinajstić information content (AvgIpc) is 3.02. The molecule has 1 amide bonds. The molecule has 31 heavy (non-hydrogen) atoms. The summed E-state index contributed by atoms with van der Waals surface area (Å²) < 4.78 is 48.2. The number of halogens is 3. The number of hydrogen-bond acceptors (Lipinski definition) is 5. The highest BCUT2D eigenvalue weighted by molar-refractivity contribution is 5.96. The standard InChI is InChI=1S/C21H18F3N3O4/c1-12-19(13(2)27(26-12)16-7-3-14(22)4-8-16)20(29)30-11-18(28)25-15-5-9-17(10-6-15)31-21(23)24/h3-10,21H,11H2,1-2H3,(H,25,28). The van der Waals surface area contributed by atoms with Crippen molar-refractivity contribution in [3.63, 3.8) is 0 Å². The quantitative estimate of drug-likeness (QED) is 0.569. The average molecular weight is 433 g/mol. The van der Waals surface area contributed by atoms with Gasteiger partial charge in [0.25, 0.3) is 5.91 Å². The highest BCUT2D eigenvalue weighted by Gasteiger charge is 2.21. The van der Waals surface area contributed by atoms with Crippen molar-refractivity contribution in [2.24, 2.45) is 0 Å². The fraction of sp³-hybridized carbons (Fsp3) is 0.190. The summed E-state index contributed by atoms with van der Waals surface area (Å²) >= 11 is 0. The highest BCUT2D eigenvalue weighted by Crippen LogP contribution is 2.20. The molecule has 0 aliphatic heterocycles. The van der Waals surface area contributed by atoms with Crippen LogP contribution in [0.4, 0.5) is 18.9 Å². The molecule has 0 saturated heterocycles. The van der Waals surface area contributed by atoms with Gasteiger partial charge >= 0.3 is 12.6 Å². The highest BCUT2D eigenvalue weighted by atomic mass is 19.3. The Morgan fingerprint density at radius 1 is 1.06 bits per heavy atom. The lowest BCUT2D eigenvalue weighted by Gasteiger charge is -2.09. The van der Waals surface area contributed by atoms with Crippen molar-refractivity contribution < 1.29 is 32.2 Å². The van der Waals surface area contributed by atoms with E-state index in [0.717, 1.165) is 0 Å². The van der Waals surface area contributed by atoms with E-state index in [-0.39, 0.29) is 11.3 Å². The first-order chi connectivity index (χ1) is 14.7. The summed E-state index contributed by atoms with van der Waals surface area (Å²) in [4.78, 5) is 24.5. The van der Waals surface area contributed by atoms with Gasteiger partial charge in [0.1, 0.15) is 17.1 Å². The van der Waals surface area contributed by atoms with Crippen molar-refractivity contribution in [1.82, 2.24) is 9.78 Å². The molecule has 7 nitrogen and oxygen atoms in total. The molecule has 1 heterocycles.